The fourth-order valence-electron chi connectivity index (χ4n) is 3.05. The van der Waals surface area contributed by atoms with Crippen LogP contribution < -0.4 is 10.2 Å². The summed E-state index contributed by atoms with van der Waals surface area (Å²) in [5.74, 6) is 0. The number of hydrogen-bond donors (Lipinski definition) is 1. The Morgan fingerprint density at radius 3 is 2.48 bits per heavy atom. The van der Waals surface area contributed by atoms with Crippen molar-refractivity contribution in [1.29, 1.82) is 0 Å². The summed E-state index contributed by atoms with van der Waals surface area (Å²) in [5.41, 5.74) is 2.37. The molecule has 0 unspecified atom stereocenters. The van der Waals surface area contributed by atoms with Crippen LogP contribution in [0.25, 0.3) is 0 Å². The lowest BCUT2D eigenvalue weighted by Gasteiger charge is -2.24. The first-order valence-electron chi connectivity index (χ1n) is 8.72. The molecule has 0 bridgehead atoms. The van der Waals surface area contributed by atoms with E-state index in [0.29, 0.717) is 6.54 Å². The van der Waals surface area contributed by atoms with Crippen LogP contribution in [0.3, 0.4) is 0 Å². The predicted octanol–water partition coefficient (Wildman–Crippen LogP) is 3.83. The lowest BCUT2D eigenvalue weighted by molar-refractivity contribution is 0.201. The first-order valence-corrected chi connectivity index (χ1v) is 9.94. The number of carbonyl (C=O) groups is 1. The number of carbonyl (C=O) groups excluding carboxylic acids is 1. The van der Waals surface area contributed by atoms with Gasteiger partial charge in [0.05, 0.1) is 0 Å². The van der Waals surface area contributed by atoms with Gasteiger partial charge in [0.15, 0.2) is 0 Å². The summed E-state index contributed by atoms with van der Waals surface area (Å²) < 4.78 is 0. The Labute approximate surface area is 154 Å². The summed E-state index contributed by atoms with van der Waals surface area (Å²) in [4.78, 5) is 18.0. The number of urea groups is 1. The number of anilines is 1. The Bertz CT molecular complexity index is 675. The van der Waals surface area contributed by atoms with E-state index in [2.05, 4.69) is 65.0 Å². The number of hydrogen-bond acceptors (Lipinski definition) is 3. The monoisotopic (exact) mass is 355 g/mol. The standard InChI is InChI=1S/C20H25N3OS/c1-25-19-10-8-17(9-11-19)16-21-20(24)23-13-5-12-22(14-15-23)18-6-3-2-4-7-18/h2-4,6-11H,5,12-16H2,1H3,(H,21,24). The second kappa shape index (κ2) is 8.81. The number of amides is 2. The molecule has 2 amide bonds. The number of thioether (sulfide) groups is 1. The van der Waals surface area contributed by atoms with Gasteiger partial charge in [0.2, 0.25) is 0 Å². The molecule has 1 aliphatic heterocycles. The molecule has 1 saturated heterocycles. The SMILES string of the molecule is CSc1ccc(CNC(=O)N2CCCN(c3ccccc3)CC2)cc1. The van der Waals surface area contributed by atoms with Crippen LogP contribution in [0.15, 0.2) is 59.5 Å². The number of para-hydroxylation sites is 1. The maximum atomic E-state index is 12.5. The quantitative estimate of drug-likeness (QED) is 0.847. The third-order valence-electron chi connectivity index (χ3n) is 4.51. The molecule has 3 rings (SSSR count). The minimum absolute atomic E-state index is 0.0313. The second-order valence-electron chi connectivity index (χ2n) is 6.17. The molecule has 2 aromatic rings. The molecule has 2 aromatic carbocycles. The summed E-state index contributed by atoms with van der Waals surface area (Å²) in [5, 5.41) is 3.05. The lowest BCUT2D eigenvalue weighted by Crippen LogP contribution is -2.41. The zero-order valence-corrected chi connectivity index (χ0v) is 15.5. The zero-order valence-electron chi connectivity index (χ0n) is 14.6. The molecule has 1 aliphatic rings. The average Bonchev–Trinajstić information content (AvgIpc) is 2.93. The Balaban J connectivity index is 1.50. The molecule has 0 aromatic heterocycles. The highest BCUT2D eigenvalue weighted by Crippen LogP contribution is 2.16. The van der Waals surface area contributed by atoms with Gasteiger partial charge in [-0.05, 0) is 42.5 Å². The normalized spacial score (nSPS) is 14.9. The molecule has 1 heterocycles. The van der Waals surface area contributed by atoms with Crippen molar-refractivity contribution in [3.63, 3.8) is 0 Å². The Morgan fingerprint density at radius 2 is 1.76 bits per heavy atom. The van der Waals surface area contributed by atoms with Crippen LogP contribution in [-0.4, -0.2) is 43.4 Å². The van der Waals surface area contributed by atoms with Crippen molar-refractivity contribution in [3.05, 3.63) is 60.2 Å². The predicted molar refractivity (Wildman–Crippen MR) is 105 cm³/mol. The van der Waals surface area contributed by atoms with Crippen LogP contribution >= 0.6 is 11.8 Å². The molecule has 4 nitrogen and oxygen atoms in total. The summed E-state index contributed by atoms with van der Waals surface area (Å²) in [7, 11) is 0. The van der Waals surface area contributed by atoms with Crippen molar-refractivity contribution < 1.29 is 4.79 Å². The van der Waals surface area contributed by atoms with E-state index in [1.54, 1.807) is 11.8 Å². The van der Waals surface area contributed by atoms with Gasteiger partial charge >= 0.3 is 6.03 Å². The summed E-state index contributed by atoms with van der Waals surface area (Å²) in [6, 6.07) is 18.8. The third kappa shape index (κ3) is 4.92. The van der Waals surface area contributed by atoms with E-state index in [1.165, 1.54) is 10.6 Å². The Morgan fingerprint density at radius 1 is 1.00 bits per heavy atom. The molecule has 132 valence electrons. The first-order chi connectivity index (χ1) is 12.3. The van der Waals surface area contributed by atoms with E-state index in [0.717, 1.165) is 38.2 Å². The van der Waals surface area contributed by atoms with Gasteiger partial charge in [-0.3, -0.25) is 0 Å². The molecule has 0 spiro atoms. The van der Waals surface area contributed by atoms with Gasteiger partial charge in [-0.2, -0.15) is 0 Å². The van der Waals surface area contributed by atoms with Crippen molar-refractivity contribution >= 4 is 23.5 Å². The highest BCUT2D eigenvalue weighted by Gasteiger charge is 2.18. The molecule has 1 N–H and O–H groups in total. The van der Waals surface area contributed by atoms with Crippen LogP contribution in [0.4, 0.5) is 10.5 Å². The van der Waals surface area contributed by atoms with Crippen LogP contribution in [0, 0.1) is 0 Å². The zero-order chi connectivity index (χ0) is 17.5. The number of benzene rings is 2. The van der Waals surface area contributed by atoms with Crippen LogP contribution in [0.5, 0.6) is 0 Å². The maximum absolute atomic E-state index is 12.5. The van der Waals surface area contributed by atoms with E-state index in [1.807, 2.05) is 11.0 Å². The van der Waals surface area contributed by atoms with Gasteiger partial charge < -0.3 is 15.1 Å². The van der Waals surface area contributed by atoms with Gasteiger partial charge in [0, 0.05) is 43.3 Å². The Hall–Kier alpha value is -2.14. The Kier molecular flexibility index (Phi) is 6.23. The van der Waals surface area contributed by atoms with E-state index in [4.69, 9.17) is 0 Å². The first kappa shape index (κ1) is 17.7. The topological polar surface area (TPSA) is 35.6 Å². The van der Waals surface area contributed by atoms with Crippen molar-refractivity contribution in [2.75, 3.05) is 37.3 Å². The van der Waals surface area contributed by atoms with Crippen molar-refractivity contribution in [1.82, 2.24) is 10.2 Å². The molecule has 0 radical (unpaired) electrons. The molecule has 0 atom stereocenters. The minimum Gasteiger partial charge on any atom is -0.370 e. The fraction of sp³-hybridized carbons (Fsp3) is 0.350. The number of rotatable bonds is 4. The molecular weight excluding hydrogens is 330 g/mol. The number of nitrogens with zero attached hydrogens (tertiary/aromatic N) is 2. The van der Waals surface area contributed by atoms with Gasteiger partial charge in [0.1, 0.15) is 0 Å². The van der Waals surface area contributed by atoms with Gasteiger partial charge in [-0.15, -0.1) is 11.8 Å². The minimum atomic E-state index is 0.0313. The van der Waals surface area contributed by atoms with Crippen molar-refractivity contribution in [2.24, 2.45) is 0 Å². The van der Waals surface area contributed by atoms with E-state index in [9.17, 15) is 4.79 Å². The highest BCUT2D eigenvalue weighted by molar-refractivity contribution is 7.98. The summed E-state index contributed by atoms with van der Waals surface area (Å²) in [6.45, 7) is 4.00. The van der Waals surface area contributed by atoms with Gasteiger partial charge in [-0.25, -0.2) is 4.79 Å². The van der Waals surface area contributed by atoms with Crippen molar-refractivity contribution in [2.45, 2.75) is 17.9 Å². The van der Waals surface area contributed by atoms with Gasteiger partial charge in [0.25, 0.3) is 0 Å². The van der Waals surface area contributed by atoms with Crippen LogP contribution in [-0.2, 0) is 6.54 Å². The summed E-state index contributed by atoms with van der Waals surface area (Å²) >= 11 is 1.73. The second-order valence-corrected chi connectivity index (χ2v) is 7.05. The third-order valence-corrected chi connectivity index (χ3v) is 5.25. The molecule has 5 heteroatoms. The lowest BCUT2D eigenvalue weighted by atomic mass is 10.2. The average molecular weight is 356 g/mol. The molecule has 25 heavy (non-hydrogen) atoms. The molecule has 0 aliphatic carbocycles. The maximum Gasteiger partial charge on any atom is 0.317 e. The van der Waals surface area contributed by atoms with Crippen LogP contribution in [0.1, 0.15) is 12.0 Å². The summed E-state index contributed by atoms with van der Waals surface area (Å²) in [6.07, 6.45) is 3.06. The molecule has 1 fully saturated rings. The van der Waals surface area contributed by atoms with E-state index in [-0.39, 0.29) is 6.03 Å². The van der Waals surface area contributed by atoms with Crippen LogP contribution in [0.2, 0.25) is 0 Å². The fourth-order valence-corrected chi connectivity index (χ4v) is 3.46. The largest absolute Gasteiger partial charge is 0.370 e. The smallest absolute Gasteiger partial charge is 0.317 e. The molecular formula is C20H25N3OS. The molecule has 0 saturated carbocycles. The number of nitrogens with one attached hydrogen (secondary N) is 1. The van der Waals surface area contributed by atoms with Crippen molar-refractivity contribution in [3.8, 4) is 0 Å². The van der Waals surface area contributed by atoms with E-state index < -0.39 is 0 Å². The van der Waals surface area contributed by atoms with Gasteiger partial charge in [-0.1, -0.05) is 30.3 Å². The van der Waals surface area contributed by atoms with E-state index >= 15 is 0 Å². The highest BCUT2D eigenvalue weighted by atomic mass is 32.2.